The zero-order chi connectivity index (χ0) is 12.1. The van der Waals surface area contributed by atoms with Gasteiger partial charge in [0, 0.05) is 16.4 Å². The van der Waals surface area contributed by atoms with Gasteiger partial charge in [-0.2, -0.15) is 3.77 Å². The lowest BCUT2D eigenvalue weighted by Crippen LogP contribution is -2.07. The van der Waals surface area contributed by atoms with Gasteiger partial charge in [-0.05, 0) is 36.9 Å². The summed E-state index contributed by atoms with van der Waals surface area (Å²) < 4.78 is 16.8. The molecule has 0 saturated heterocycles. The smallest absolute Gasteiger partial charge is 0.0832 e. The molecule has 1 fully saturated rings. The minimum atomic E-state index is -2.22. The zero-order valence-corrected chi connectivity index (χ0v) is 11.8. The first-order chi connectivity index (χ1) is 8.18. The topological polar surface area (TPSA) is 29.4 Å². The Bertz CT molecular complexity index is 458. The molecule has 1 aromatic rings. The normalized spacial score (nSPS) is 20.8. The number of rotatable bonds is 3. The van der Waals surface area contributed by atoms with Crippen molar-refractivity contribution in [3.8, 4) is 0 Å². The third-order valence-electron chi connectivity index (χ3n) is 3.07. The van der Waals surface area contributed by atoms with Crippen LogP contribution in [0.3, 0.4) is 0 Å². The molecule has 1 saturated carbocycles. The fourth-order valence-corrected chi connectivity index (χ4v) is 4.72. The maximum atomic E-state index is 12.4. The summed E-state index contributed by atoms with van der Waals surface area (Å²) in [5.74, 6) is 0. The van der Waals surface area contributed by atoms with Crippen molar-refractivity contribution in [2.75, 3.05) is 6.26 Å². The van der Waals surface area contributed by atoms with Gasteiger partial charge in [-0.1, -0.05) is 37.5 Å². The highest BCUT2D eigenvalue weighted by Crippen LogP contribution is 2.30. The highest BCUT2D eigenvalue weighted by Gasteiger charge is 2.15. The first-order valence-electron chi connectivity index (χ1n) is 6.11. The van der Waals surface area contributed by atoms with Gasteiger partial charge in [0.15, 0.2) is 0 Å². The van der Waals surface area contributed by atoms with E-state index in [0.717, 1.165) is 4.90 Å². The number of hydrogen-bond acceptors (Lipinski definition) is 3. The molecule has 4 heteroatoms. The molecule has 0 amide bonds. The third-order valence-corrected chi connectivity index (χ3v) is 6.47. The van der Waals surface area contributed by atoms with Gasteiger partial charge in [0.1, 0.15) is 0 Å². The molecule has 17 heavy (non-hydrogen) atoms. The Morgan fingerprint density at radius 1 is 1.18 bits per heavy atom. The van der Waals surface area contributed by atoms with E-state index in [4.69, 9.17) is 0 Å². The molecule has 1 atom stereocenters. The van der Waals surface area contributed by atoms with E-state index < -0.39 is 9.73 Å². The lowest BCUT2D eigenvalue weighted by molar-refractivity contribution is 0.516. The molecule has 0 radical (unpaired) electrons. The van der Waals surface area contributed by atoms with Crippen LogP contribution in [0.15, 0.2) is 39.0 Å². The lowest BCUT2D eigenvalue weighted by atomic mass is 10.0. The van der Waals surface area contributed by atoms with Gasteiger partial charge in [0.05, 0.1) is 9.73 Å². The summed E-state index contributed by atoms with van der Waals surface area (Å²) in [4.78, 5) is 0.836. The van der Waals surface area contributed by atoms with Gasteiger partial charge in [-0.25, -0.2) is 4.21 Å². The summed E-state index contributed by atoms with van der Waals surface area (Å²) in [6.45, 7) is 0. The van der Waals surface area contributed by atoms with E-state index in [1.807, 2.05) is 30.3 Å². The van der Waals surface area contributed by atoms with Gasteiger partial charge in [0.25, 0.3) is 0 Å². The summed E-state index contributed by atoms with van der Waals surface area (Å²) in [6, 6.07) is 9.56. The second kappa shape index (κ2) is 5.91. The summed E-state index contributed by atoms with van der Waals surface area (Å²) in [5.41, 5.74) is 0. The summed E-state index contributed by atoms with van der Waals surface area (Å²) >= 11 is 1.55. The molecule has 2 nitrogen and oxygen atoms in total. The van der Waals surface area contributed by atoms with Crippen LogP contribution in [0.2, 0.25) is 0 Å². The average molecular weight is 269 g/mol. The summed E-state index contributed by atoms with van der Waals surface area (Å²) in [6.07, 6.45) is 8.11. The number of nitrogens with zero attached hydrogens (tertiary/aromatic N) is 1. The molecule has 1 aliphatic carbocycles. The third kappa shape index (κ3) is 3.75. The molecule has 0 aromatic heterocycles. The average Bonchev–Trinajstić information content (AvgIpc) is 2.39. The van der Waals surface area contributed by atoms with Crippen molar-refractivity contribution >= 4 is 21.7 Å². The molecule has 1 aliphatic rings. The van der Waals surface area contributed by atoms with Crippen molar-refractivity contribution in [1.29, 1.82) is 0 Å². The Kier molecular flexibility index (Phi) is 4.51. The van der Waals surface area contributed by atoms with Crippen LogP contribution in [0.4, 0.5) is 0 Å². The Hall–Kier alpha value is -0.480. The van der Waals surface area contributed by atoms with Crippen LogP contribution < -0.4 is 0 Å². The largest absolute Gasteiger partial charge is 0.244 e. The van der Waals surface area contributed by atoms with E-state index in [9.17, 15) is 4.21 Å². The molecule has 2 rings (SSSR count). The van der Waals surface area contributed by atoms with Crippen LogP contribution >= 0.6 is 11.9 Å². The van der Waals surface area contributed by atoms with Crippen molar-refractivity contribution in [2.45, 2.75) is 42.2 Å². The van der Waals surface area contributed by atoms with Crippen molar-refractivity contribution in [3.05, 3.63) is 30.3 Å². The van der Waals surface area contributed by atoms with Crippen molar-refractivity contribution in [3.63, 3.8) is 0 Å². The second-order valence-electron chi connectivity index (χ2n) is 4.56. The van der Waals surface area contributed by atoms with E-state index in [-0.39, 0.29) is 0 Å². The minimum Gasteiger partial charge on any atom is -0.244 e. The fourth-order valence-electron chi connectivity index (χ4n) is 2.03. The van der Waals surface area contributed by atoms with E-state index in [2.05, 4.69) is 3.77 Å². The van der Waals surface area contributed by atoms with Crippen LogP contribution in [-0.4, -0.2) is 15.7 Å². The lowest BCUT2D eigenvalue weighted by Gasteiger charge is -2.18. The van der Waals surface area contributed by atoms with Crippen LogP contribution in [0.25, 0.3) is 0 Å². The van der Waals surface area contributed by atoms with Gasteiger partial charge in [-0.15, -0.1) is 0 Å². The number of hydrogen-bond donors (Lipinski definition) is 0. The minimum absolute atomic E-state index is 0.577. The molecule has 0 bridgehead atoms. The second-order valence-corrected chi connectivity index (χ2v) is 8.11. The van der Waals surface area contributed by atoms with Crippen LogP contribution in [-0.2, 0) is 9.73 Å². The SMILES string of the molecule is CS(=O)(=NSC1CCCCC1)c1ccccc1. The summed E-state index contributed by atoms with van der Waals surface area (Å²) in [5, 5.41) is 0.577. The molecule has 94 valence electrons. The van der Waals surface area contributed by atoms with Crippen LogP contribution in [0.1, 0.15) is 32.1 Å². The van der Waals surface area contributed by atoms with Gasteiger partial charge in [0.2, 0.25) is 0 Å². The predicted molar refractivity (Wildman–Crippen MR) is 75.7 cm³/mol. The molecular weight excluding hydrogens is 250 g/mol. The Morgan fingerprint density at radius 3 is 2.47 bits per heavy atom. The fraction of sp³-hybridized carbons (Fsp3) is 0.538. The molecule has 0 aliphatic heterocycles. The number of benzene rings is 1. The maximum Gasteiger partial charge on any atom is 0.0832 e. The zero-order valence-electron chi connectivity index (χ0n) is 10.2. The standard InChI is InChI=1S/C13H19NOS2/c1-17(15,13-10-6-3-7-11-13)14-16-12-8-4-2-5-9-12/h3,6-7,10-12H,2,4-5,8-9H2,1H3. The van der Waals surface area contributed by atoms with Crippen LogP contribution in [0, 0.1) is 0 Å². The van der Waals surface area contributed by atoms with Gasteiger partial charge in [-0.3, -0.25) is 0 Å². The Labute approximate surface area is 109 Å². The van der Waals surface area contributed by atoms with E-state index >= 15 is 0 Å². The quantitative estimate of drug-likeness (QED) is 0.772. The molecular formula is C13H19NOS2. The summed E-state index contributed by atoms with van der Waals surface area (Å²) in [7, 11) is -2.22. The molecule has 1 aromatic carbocycles. The maximum absolute atomic E-state index is 12.4. The Morgan fingerprint density at radius 2 is 1.82 bits per heavy atom. The van der Waals surface area contributed by atoms with Crippen LogP contribution in [0.5, 0.6) is 0 Å². The monoisotopic (exact) mass is 269 g/mol. The van der Waals surface area contributed by atoms with Gasteiger partial charge >= 0.3 is 0 Å². The molecule has 0 spiro atoms. The molecule has 1 unspecified atom stereocenters. The van der Waals surface area contributed by atoms with Crippen molar-refractivity contribution in [1.82, 2.24) is 0 Å². The first kappa shape index (κ1) is 13.0. The molecule has 0 N–H and O–H groups in total. The molecule has 0 heterocycles. The first-order valence-corrected chi connectivity index (χ1v) is 8.87. The van der Waals surface area contributed by atoms with E-state index in [0.29, 0.717) is 5.25 Å². The predicted octanol–water partition coefficient (Wildman–Crippen LogP) is 4.12. The highest BCUT2D eigenvalue weighted by atomic mass is 32.2. The highest BCUT2D eigenvalue weighted by molar-refractivity contribution is 8.07. The van der Waals surface area contributed by atoms with E-state index in [1.165, 1.54) is 32.1 Å². The van der Waals surface area contributed by atoms with Crippen molar-refractivity contribution < 1.29 is 4.21 Å². The van der Waals surface area contributed by atoms with E-state index in [1.54, 1.807) is 18.2 Å². The van der Waals surface area contributed by atoms with Crippen molar-refractivity contribution in [2.24, 2.45) is 3.77 Å². The Balaban J connectivity index is 2.07. The van der Waals surface area contributed by atoms with Gasteiger partial charge < -0.3 is 0 Å².